The minimum absolute atomic E-state index is 0.0354. The average molecular weight is 948 g/mol. The van der Waals surface area contributed by atoms with Gasteiger partial charge in [-0.1, -0.05) is 111 Å². The van der Waals surface area contributed by atoms with Crippen molar-refractivity contribution in [1.82, 2.24) is 26.2 Å². The summed E-state index contributed by atoms with van der Waals surface area (Å²) in [6.45, 7) is 11.3. The molecule has 2 unspecified atom stereocenters. The molecule has 1 aliphatic rings. The molecular formula is C44H62IN5O10. The topological polar surface area (TPSA) is 210 Å². The van der Waals surface area contributed by atoms with Gasteiger partial charge in [0, 0.05) is 23.9 Å². The Labute approximate surface area is 367 Å². The van der Waals surface area contributed by atoms with Crippen LogP contribution in [0.5, 0.6) is 0 Å². The number of hydrogen-bond acceptors (Lipinski definition) is 10. The third-order valence-electron chi connectivity index (χ3n) is 9.94. The number of benzene rings is 2. The summed E-state index contributed by atoms with van der Waals surface area (Å²) in [6, 6.07) is 14.2. The van der Waals surface area contributed by atoms with E-state index >= 15 is 0 Å². The lowest BCUT2D eigenvalue weighted by Crippen LogP contribution is -2.60. The summed E-state index contributed by atoms with van der Waals surface area (Å²) in [5.74, 6) is -4.90. The zero-order valence-electron chi connectivity index (χ0n) is 35.4. The zero-order chi connectivity index (χ0) is 44.2. The summed E-state index contributed by atoms with van der Waals surface area (Å²) in [5.41, 5.74) is 0.0264. The van der Waals surface area contributed by atoms with E-state index in [9.17, 15) is 33.6 Å². The number of nitrogens with one attached hydrogen (secondary N) is 4. The molecule has 15 nitrogen and oxygen atoms in total. The van der Waals surface area contributed by atoms with E-state index in [1.54, 1.807) is 24.3 Å². The number of ketones is 1. The molecular weight excluding hydrogens is 885 g/mol. The van der Waals surface area contributed by atoms with Gasteiger partial charge in [-0.3, -0.25) is 38.5 Å². The molecule has 0 radical (unpaired) electrons. The number of halogens is 1. The van der Waals surface area contributed by atoms with Gasteiger partial charge < -0.3 is 35.8 Å². The normalized spacial score (nSPS) is 16.1. The molecule has 5 N–H and O–H groups in total. The number of hydrogen-bond donors (Lipinski definition) is 5. The Bertz CT molecular complexity index is 1720. The molecule has 0 aliphatic carbocycles. The van der Waals surface area contributed by atoms with E-state index in [1.165, 1.54) is 6.92 Å². The number of aliphatic carboxylic acids is 1. The minimum Gasteiger partial charge on any atom is -0.481 e. The maximum Gasteiger partial charge on any atom is 0.307 e. The van der Waals surface area contributed by atoms with E-state index in [0.29, 0.717) is 32.7 Å². The molecule has 0 aromatic heterocycles. The first-order chi connectivity index (χ1) is 28.5. The number of aryl methyl sites for hydroxylation is 1. The van der Waals surface area contributed by atoms with Crippen LogP contribution in [0.1, 0.15) is 77.8 Å². The lowest BCUT2D eigenvalue weighted by molar-refractivity contribution is -0.165. The first kappa shape index (κ1) is 49.9. The smallest absolute Gasteiger partial charge is 0.307 e. The number of morpholine rings is 1. The van der Waals surface area contributed by atoms with Crippen molar-refractivity contribution >= 4 is 63.9 Å². The average Bonchev–Trinajstić information content (AvgIpc) is 3.21. The molecule has 60 heavy (non-hydrogen) atoms. The van der Waals surface area contributed by atoms with Crippen LogP contribution in [0, 0.1) is 11.8 Å². The van der Waals surface area contributed by atoms with Gasteiger partial charge in [0.05, 0.1) is 38.6 Å². The van der Waals surface area contributed by atoms with E-state index in [1.807, 2.05) is 91.6 Å². The fourth-order valence-electron chi connectivity index (χ4n) is 6.73. The van der Waals surface area contributed by atoms with Crippen molar-refractivity contribution in [2.24, 2.45) is 11.8 Å². The van der Waals surface area contributed by atoms with Crippen molar-refractivity contribution in [1.29, 1.82) is 0 Å². The van der Waals surface area contributed by atoms with E-state index in [-0.39, 0.29) is 54.4 Å². The van der Waals surface area contributed by atoms with Crippen LogP contribution in [-0.2, 0) is 55.9 Å². The standard InChI is InChI=1S/C44H62IN5O10/c1-29(2)24-34(40(55)44(5,28-45)60-39(54)19-18-38(52)53)47-43(58)36(26-32-14-10-7-11-15-32)49-42(57)35(25-30(3)4)48-41(56)33(17-16-31-12-8-6-9-13-31)46-37(51)27-50-20-22-59-23-21-50/h6-15,29-30,33-36H,16-28H2,1-5H3,(H,46,51)(H,47,58)(H,48,56)(H,49,57)(H,52,53)/t33-,34?,35-,36-,44?/m0/s1. The van der Waals surface area contributed by atoms with Crippen molar-refractivity contribution in [3.8, 4) is 0 Å². The molecule has 3 rings (SSSR count). The summed E-state index contributed by atoms with van der Waals surface area (Å²) in [5, 5.41) is 20.5. The quantitative estimate of drug-likeness (QED) is 0.0554. The van der Waals surface area contributed by atoms with Gasteiger partial charge in [-0.25, -0.2) is 0 Å². The van der Waals surface area contributed by atoms with Crippen molar-refractivity contribution < 1.29 is 48.1 Å². The Morgan fingerprint density at radius 3 is 1.82 bits per heavy atom. The summed E-state index contributed by atoms with van der Waals surface area (Å²) < 4.78 is 11.0. The predicted molar refractivity (Wildman–Crippen MR) is 234 cm³/mol. The molecule has 1 saturated heterocycles. The van der Waals surface area contributed by atoms with Crippen LogP contribution in [0.25, 0.3) is 0 Å². The molecule has 1 aliphatic heterocycles. The molecule has 1 heterocycles. The number of carboxylic acid groups (broad SMARTS) is 1. The molecule has 0 saturated carbocycles. The fraction of sp³-hybridized carbons (Fsp3) is 0.568. The van der Waals surface area contributed by atoms with E-state index in [4.69, 9.17) is 14.6 Å². The number of alkyl halides is 1. The molecule has 2 aromatic carbocycles. The second-order valence-corrected chi connectivity index (χ2v) is 17.0. The lowest BCUT2D eigenvalue weighted by Gasteiger charge is -2.32. The molecule has 1 fully saturated rings. The van der Waals surface area contributed by atoms with Crippen LogP contribution in [0.15, 0.2) is 60.7 Å². The second kappa shape index (κ2) is 25.4. The van der Waals surface area contributed by atoms with Crippen LogP contribution >= 0.6 is 22.6 Å². The first-order valence-corrected chi connectivity index (χ1v) is 22.1. The monoisotopic (exact) mass is 947 g/mol. The van der Waals surface area contributed by atoms with Crippen molar-refractivity contribution in [3.05, 3.63) is 71.8 Å². The van der Waals surface area contributed by atoms with Crippen LogP contribution in [0.3, 0.4) is 0 Å². The van der Waals surface area contributed by atoms with Gasteiger partial charge in [0.2, 0.25) is 23.6 Å². The number of carboxylic acids is 1. The summed E-state index contributed by atoms with van der Waals surface area (Å²) in [7, 11) is 0. The number of carbonyl (C=O) groups excluding carboxylic acids is 6. The van der Waals surface area contributed by atoms with Crippen molar-refractivity contribution in [3.63, 3.8) is 0 Å². The number of Topliss-reactive ketones (excluding diaryl/α,β-unsaturated/α-hetero) is 1. The molecule has 0 spiro atoms. The SMILES string of the molecule is CC(C)CC(NC(=O)[C@H](Cc1ccccc1)NC(=O)[C@H](CC(C)C)NC(=O)[C@H](CCc1ccccc1)NC(=O)CN1CCOCC1)C(=O)C(C)(CI)OC(=O)CCC(=O)O. The van der Waals surface area contributed by atoms with Crippen LogP contribution in [0.2, 0.25) is 0 Å². The number of nitrogens with zero attached hydrogens (tertiary/aromatic N) is 1. The molecule has 330 valence electrons. The molecule has 16 heteroatoms. The maximum atomic E-state index is 14.3. The molecule has 5 atom stereocenters. The van der Waals surface area contributed by atoms with Crippen LogP contribution < -0.4 is 21.3 Å². The van der Waals surface area contributed by atoms with Crippen molar-refractivity contribution in [2.75, 3.05) is 37.3 Å². The Kier molecular flexibility index (Phi) is 21.1. The predicted octanol–water partition coefficient (Wildman–Crippen LogP) is 3.40. The van der Waals surface area contributed by atoms with Crippen LogP contribution in [-0.4, -0.2) is 118 Å². The van der Waals surface area contributed by atoms with Gasteiger partial charge in [0.15, 0.2) is 11.4 Å². The minimum atomic E-state index is -1.68. The second-order valence-electron chi connectivity index (χ2n) is 16.3. The summed E-state index contributed by atoms with van der Waals surface area (Å²) in [6.07, 6.45) is 0.330. The third kappa shape index (κ3) is 17.7. The van der Waals surface area contributed by atoms with E-state index < -0.39 is 78.1 Å². The van der Waals surface area contributed by atoms with Gasteiger partial charge in [0.1, 0.15) is 18.1 Å². The van der Waals surface area contributed by atoms with Gasteiger partial charge in [-0.2, -0.15) is 0 Å². The largest absolute Gasteiger partial charge is 0.481 e. The number of rotatable bonds is 25. The molecule has 0 bridgehead atoms. The molecule has 4 amide bonds. The zero-order valence-corrected chi connectivity index (χ0v) is 37.5. The first-order valence-electron chi connectivity index (χ1n) is 20.6. The highest BCUT2D eigenvalue weighted by Gasteiger charge is 2.42. The Morgan fingerprint density at radius 1 is 0.733 bits per heavy atom. The van der Waals surface area contributed by atoms with Gasteiger partial charge in [-0.05, 0) is 55.6 Å². The maximum absolute atomic E-state index is 14.3. The summed E-state index contributed by atoms with van der Waals surface area (Å²) in [4.78, 5) is 95.6. The number of amides is 4. The Morgan fingerprint density at radius 2 is 1.25 bits per heavy atom. The van der Waals surface area contributed by atoms with Crippen molar-refractivity contribution in [2.45, 2.75) is 109 Å². The van der Waals surface area contributed by atoms with Crippen LogP contribution in [0.4, 0.5) is 0 Å². The number of esters is 1. The van der Waals surface area contributed by atoms with E-state index in [2.05, 4.69) is 21.3 Å². The number of ether oxygens (including phenoxy) is 2. The van der Waals surface area contributed by atoms with Gasteiger partial charge in [0.25, 0.3) is 0 Å². The summed E-state index contributed by atoms with van der Waals surface area (Å²) >= 11 is 1.91. The lowest BCUT2D eigenvalue weighted by atomic mass is 9.90. The molecule has 2 aromatic rings. The van der Waals surface area contributed by atoms with Gasteiger partial charge >= 0.3 is 11.9 Å². The highest BCUT2D eigenvalue weighted by molar-refractivity contribution is 14.1. The Hall–Kier alpha value is -4.42. The Balaban J connectivity index is 1.87. The highest BCUT2D eigenvalue weighted by atomic mass is 127. The van der Waals surface area contributed by atoms with E-state index in [0.717, 1.165) is 11.1 Å². The highest BCUT2D eigenvalue weighted by Crippen LogP contribution is 2.22. The third-order valence-corrected chi connectivity index (χ3v) is 11.4. The number of carbonyl (C=O) groups is 7. The fourth-order valence-corrected chi connectivity index (χ4v) is 7.26. The van der Waals surface area contributed by atoms with Gasteiger partial charge in [-0.15, -0.1) is 0 Å².